The Labute approximate surface area is 241 Å². The van der Waals surface area contributed by atoms with Crippen LogP contribution in [0.25, 0.3) is 11.1 Å². The monoisotopic (exact) mass is 580 g/mol. The van der Waals surface area contributed by atoms with Crippen molar-refractivity contribution in [3.8, 4) is 17.2 Å². The first-order chi connectivity index (χ1) is 19.3. The molecule has 1 heterocycles. The number of nitrogens with two attached hydrogens (primary N) is 1. The Hall–Kier alpha value is -4.01. The molecule has 1 aromatic heterocycles. The van der Waals surface area contributed by atoms with Crippen molar-refractivity contribution >= 4 is 27.7 Å². The second-order valence-corrected chi connectivity index (χ2v) is 12.5. The van der Waals surface area contributed by atoms with Gasteiger partial charge in [-0.1, -0.05) is 62.7 Å². The van der Waals surface area contributed by atoms with Crippen LogP contribution >= 0.6 is 0 Å². The van der Waals surface area contributed by atoms with Crippen molar-refractivity contribution in [3.05, 3.63) is 64.9 Å². The molecule has 0 saturated heterocycles. The molecule has 218 valence electrons. The molecule has 11 heteroatoms. The van der Waals surface area contributed by atoms with Crippen LogP contribution in [0.1, 0.15) is 62.5 Å². The summed E-state index contributed by atoms with van der Waals surface area (Å²) >= 11 is 0. The number of likely N-dealkylation sites (N-methyl/N-ethyl adjacent to an activating group) is 1. The fraction of sp³-hybridized carbons (Fsp3) is 0.400. The molecule has 0 aliphatic heterocycles. The Morgan fingerprint density at radius 2 is 1.83 bits per heavy atom. The average Bonchev–Trinajstić information content (AvgIpc) is 3.22. The van der Waals surface area contributed by atoms with E-state index >= 15 is 0 Å². The number of anilines is 1. The zero-order chi connectivity index (χ0) is 30.5. The van der Waals surface area contributed by atoms with Crippen molar-refractivity contribution in [2.24, 2.45) is 11.7 Å². The van der Waals surface area contributed by atoms with Crippen molar-refractivity contribution < 1.29 is 27.0 Å². The number of nitriles is 1. The number of aryl methyl sites for hydroxylation is 1. The summed E-state index contributed by atoms with van der Waals surface area (Å²) in [4.78, 5) is 26.0. The van der Waals surface area contributed by atoms with Gasteiger partial charge >= 0.3 is 5.91 Å². The highest BCUT2D eigenvalue weighted by atomic mass is 32.2. The molecule has 3 rings (SSSR count). The number of unbranched alkanes of at least 4 members (excludes halogenated alkanes) is 1. The van der Waals surface area contributed by atoms with Crippen LogP contribution in [0.15, 0.2) is 51.9 Å². The van der Waals surface area contributed by atoms with Crippen LogP contribution in [-0.2, 0) is 26.2 Å². The molecule has 0 saturated carbocycles. The van der Waals surface area contributed by atoms with Gasteiger partial charge in [0.05, 0.1) is 30.0 Å². The van der Waals surface area contributed by atoms with E-state index in [0.717, 1.165) is 6.42 Å². The van der Waals surface area contributed by atoms with Crippen LogP contribution in [-0.4, -0.2) is 43.0 Å². The Balaban J connectivity index is 2.07. The van der Waals surface area contributed by atoms with E-state index in [1.54, 1.807) is 57.3 Å². The van der Waals surface area contributed by atoms with Crippen LogP contribution in [0.4, 0.5) is 5.82 Å². The minimum atomic E-state index is -4.10. The van der Waals surface area contributed by atoms with E-state index in [1.165, 1.54) is 6.07 Å². The normalized spacial score (nSPS) is 13.8. The smallest absolute Gasteiger partial charge is 0.314 e. The summed E-state index contributed by atoms with van der Waals surface area (Å²) in [6.45, 7) is 9.24. The van der Waals surface area contributed by atoms with Gasteiger partial charge in [-0.15, -0.1) is 0 Å². The zero-order valence-corrected chi connectivity index (χ0v) is 25.2. The minimum Gasteiger partial charge on any atom is -0.364 e. The standard InChI is InChI=1S/C30H37N5O5S/c1-7-8-13-27(36)35(6,28(19(2)3)29(32)37)18-22-14-15-24(23(16-22)17-31)25-11-9-10-12-26(25)41(38,39)34-30-20(4)21(5)40-33-30/h9-12,14-16,19,28H,7-8,13,18H2,1-6H3,(H2-,32,33,34,37)/p+1/t28-,35?/m0/s1. The second-order valence-electron chi connectivity index (χ2n) is 10.8. The molecule has 0 fully saturated rings. The molecule has 3 aromatic rings. The van der Waals surface area contributed by atoms with Crippen LogP contribution < -0.4 is 10.5 Å². The van der Waals surface area contributed by atoms with Gasteiger partial charge in [-0.25, -0.2) is 17.7 Å². The number of primary amides is 1. The van der Waals surface area contributed by atoms with E-state index in [9.17, 15) is 23.3 Å². The number of nitrogens with one attached hydrogen (secondary N) is 1. The Bertz CT molecular complexity index is 1590. The molecule has 10 nitrogen and oxygen atoms in total. The van der Waals surface area contributed by atoms with E-state index in [1.807, 2.05) is 20.8 Å². The zero-order valence-electron chi connectivity index (χ0n) is 24.4. The highest BCUT2D eigenvalue weighted by Crippen LogP contribution is 2.33. The van der Waals surface area contributed by atoms with Crippen LogP contribution in [0, 0.1) is 31.1 Å². The van der Waals surface area contributed by atoms with Gasteiger partial charge in [0.2, 0.25) is 0 Å². The molecule has 0 spiro atoms. The van der Waals surface area contributed by atoms with Gasteiger partial charge in [0.1, 0.15) is 12.3 Å². The van der Waals surface area contributed by atoms with Gasteiger partial charge in [0, 0.05) is 28.2 Å². The molecule has 2 atom stereocenters. The van der Waals surface area contributed by atoms with E-state index in [0.29, 0.717) is 40.9 Å². The first kappa shape index (κ1) is 31.5. The summed E-state index contributed by atoms with van der Waals surface area (Å²) < 4.78 is 34.2. The number of aromatic nitrogens is 1. The maximum absolute atomic E-state index is 13.5. The highest BCUT2D eigenvalue weighted by molar-refractivity contribution is 7.92. The third-order valence-electron chi connectivity index (χ3n) is 7.42. The summed E-state index contributed by atoms with van der Waals surface area (Å²) in [7, 11) is -2.38. The Morgan fingerprint density at radius 1 is 1.15 bits per heavy atom. The SMILES string of the molecule is CCCCC(=O)[N+](C)(Cc1ccc(-c2ccccc2S(=O)(=O)Nc2noc(C)c2C)c(C#N)c1)[C@H](C(N)=O)C(C)C. The van der Waals surface area contributed by atoms with E-state index < -0.39 is 22.0 Å². The fourth-order valence-corrected chi connectivity index (χ4v) is 6.49. The number of quaternary nitrogens is 1. The maximum Gasteiger partial charge on any atom is 0.314 e. The largest absolute Gasteiger partial charge is 0.364 e. The first-order valence-corrected chi connectivity index (χ1v) is 15.0. The molecule has 0 bridgehead atoms. The van der Waals surface area contributed by atoms with E-state index in [4.69, 9.17) is 10.3 Å². The molecule has 1 unspecified atom stereocenters. The quantitative estimate of drug-likeness (QED) is 0.291. The van der Waals surface area contributed by atoms with Crippen molar-refractivity contribution in [3.63, 3.8) is 0 Å². The van der Waals surface area contributed by atoms with Crippen LogP contribution in [0.2, 0.25) is 0 Å². The lowest BCUT2D eigenvalue weighted by Crippen LogP contribution is -2.62. The summed E-state index contributed by atoms with van der Waals surface area (Å²) in [6, 6.07) is 12.8. The third kappa shape index (κ3) is 6.66. The number of rotatable bonds is 12. The molecule has 0 aliphatic rings. The predicted molar refractivity (Wildman–Crippen MR) is 156 cm³/mol. The predicted octanol–water partition coefficient (Wildman–Crippen LogP) is 4.80. The van der Waals surface area contributed by atoms with Crippen LogP contribution in [0.5, 0.6) is 0 Å². The molecular weight excluding hydrogens is 542 g/mol. The summed E-state index contributed by atoms with van der Waals surface area (Å²) in [5.41, 5.74) is 7.97. The van der Waals surface area contributed by atoms with Crippen molar-refractivity contribution in [2.45, 2.75) is 71.4 Å². The molecule has 0 aliphatic carbocycles. The number of hydrogen-bond donors (Lipinski definition) is 2. The van der Waals surface area contributed by atoms with Gasteiger partial charge in [0.15, 0.2) is 11.9 Å². The summed E-state index contributed by atoms with van der Waals surface area (Å²) in [5, 5.41) is 13.9. The number of benzene rings is 2. The molecule has 2 aromatic carbocycles. The van der Waals surface area contributed by atoms with Crippen molar-refractivity contribution in [2.75, 3.05) is 11.8 Å². The van der Waals surface area contributed by atoms with Crippen molar-refractivity contribution in [1.82, 2.24) is 5.16 Å². The minimum absolute atomic E-state index is 0.0340. The third-order valence-corrected chi connectivity index (χ3v) is 8.82. The Morgan fingerprint density at radius 3 is 2.39 bits per heavy atom. The molecule has 2 amide bonds. The number of hydrogen-bond acceptors (Lipinski definition) is 7. The van der Waals surface area contributed by atoms with E-state index in [-0.39, 0.29) is 39.1 Å². The van der Waals surface area contributed by atoms with Gasteiger partial charge in [-0.3, -0.25) is 9.52 Å². The maximum atomic E-state index is 13.5. The fourth-order valence-electron chi connectivity index (χ4n) is 5.21. The highest BCUT2D eigenvalue weighted by Gasteiger charge is 2.45. The topological polar surface area (TPSA) is 156 Å². The van der Waals surface area contributed by atoms with Crippen LogP contribution in [0.3, 0.4) is 0 Å². The van der Waals surface area contributed by atoms with Gasteiger partial charge in [-0.05, 0) is 32.4 Å². The Kier molecular flexibility index (Phi) is 9.73. The van der Waals surface area contributed by atoms with Crippen molar-refractivity contribution in [1.29, 1.82) is 5.26 Å². The second kappa shape index (κ2) is 12.7. The van der Waals surface area contributed by atoms with Gasteiger partial charge in [0.25, 0.3) is 15.9 Å². The number of amides is 2. The average molecular weight is 581 g/mol. The molecule has 3 N–H and O–H groups in total. The summed E-state index contributed by atoms with van der Waals surface area (Å²) in [6.07, 6.45) is 1.82. The molecular formula is C30H38N5O5S+. The number of nitrogens with zero attached hydrogens (tertiary/aromatic N) is 3. The molecule has 0 radical (unpaired) electrons. The van der Waals surface area contributed by atoms with Gasteiger partial charge < -0.3 is 10.3 Å². The number of sulfonamides is 1. The van der Waals surface area contributed by atoms with Gasteiger partial charge in [-0.2, -0.15) is 5.26 Å². The number of carbonyl (C=O) groups excluding carboxylic acids is 2. The van der Waals surface area contributed by atoms with E-state index in [2.05, 4.69) is 15.9 Å². The molecule has 41 heavy (non-hydrogen) atoms. The first-order valence-electron chi connectivity index (χ1n) is 13.5. The lowest BCUT2D eigenvalue weighted by molar-refractivity contribution is -0.868. The lowest BCUT2D eigenvalue weighted by atomic mass is 9.94. The number of carbonyl (C=O) groups is 2. The lowest BCUT2D eigenvalue weighted by Gasteiger charge is -2.39. The summed E-state index contributed by atoms with van der Waals surface area (Å²) in [5.74, 6) is -0.277.